The Morgan fingerprint density at radius 1 is 1.47 bits per heavy atom. The first-order chi connectivity index (χ1) is 9.17. The molecule has 1 aliphatic rings. The Kier molecular flexibility index (Phi) is 4.05. The van der Waals surface area contributed by atoms with E-state index >= 15 is 0 Å². The van der Waals surface area contributed by atoms with E-state index in [0.717, 1.165) is 19.3 Å². The molecule has 2 N–H and O–H groups in total. The maximum atomic E-state index is 9.21. The van der Waals surface area contributed by atoms with E-state index in [1.807, 2.05) is 0 Å². The Labute approximate surface area is 113 Å². The second-order valence-corrected chi connectivity index (χ2v) is 4.76. The van der Waals surface area contributed by atoms with Crippen LogP contribution in [0.25, 0.3) is 0 Å². The van der Waals surface area contributed by atoms with Crippen LogP contribution in [0.15, 0.2) is 0 Å². The first kappa shape index (κ1) is 13.4. The molecule has 0 bridgehead atoms. The molecule has 19 heavy (non-hydrogen) atoms. The number of hydrogen-bond donors (Lipinski definition) is 2. The lowest BCUT2D eigenvalue weighted by Crippen LogP contribution is -2.17. The lowest BCUT2D eigenvalue weighted by molar-refractivity contribution is 0.396. The number of rotatable bonds is 6. The summed E-state index contributed by atoms with van der Waals surface area (Å²) in [5.41, 5.74) is 0.365. The molecule has 0 aromatic carbocycles. The third kappa shape index (κ3) is 3.25. The van der Waals surface area contributed by atoms with Gasteiger partial charge in [-0.1, -0.05) is 6.92 Å². The first-order valence-electron chi connectivity index (χ1n) is 6.57. The smallest absolute Gasteiger partial charge is 0.238 e. The molecule has 0 amide bonds. The molecule has 6 heteroatoms. The van der Waals surface area contributed by atoms with Gasteiger partial charge >= 0.3 is 0 Å². The Morgan fingerprint density at radius 2 is 2.21 bits per heavy atom. The summed E-state index contributed by atoms with van der Waals surface area (Å²) in [7, 11) is 1.51. The number of nitrogens with zero attached hydrogens (tertiary/aromatic N) is 3. The van der Waals surface area contributed by atoms with Crippen LogP contribution in [0.3, 0.4) is 0 Å². The average molecular weight is 261 g/mol. The summed E-state index contributed by atoms with van der Waals surface area (Å²) >= 11 is 0. The molecule has 1 atom stereocenters. The summed E-state index contributed by atoms with van der Waals surface area (Å²) in [6, 6.07) is 2.79. The number of anilines is 2. The minimum atomic E-state index is 0.270. The van der Waals surface area contributed by atoms with Crippen LogP contribution in [0, 0.1) is 11.3 Å². The predicted molar refractivity (Wildman–Crippen MR) is 73.3 cm³/mol. The number of nitrogens with one attached hydrogen (secondary N) is 2. The molecule has 1 heterocycles. The fraction of sp³-hybridized carbons (Fsp3) is 0.615. The number of nitriles is 1. The zero-order chi connectivity index (χ0) is 13.8. The largest absolute Gasteiger partial charge is 0.480 e. The van der Waals surface area contributed by atoms with Crippen molar-refractivity contribution in [2.24, 2.45) is 0 Å². The Hall–Kier alpha value is -2.03. The summed E-state index contributed by atoms with van der Waals surface area (Å²) in [6.45, 7) is 4.14. The molecule has 0 aliphatic heterocycles. The Bertz CT molecular complexity index is 493. The molecule has 102 valence electrons. The van der Waals surface area contributed by atoms with Crippen LogP contribution in [-0.4, -0.2) is 29.2 Å². The molecular formula is C13H19N5O. The average Bonchev–Trinajstić information content (AvgIpc) is 3.21. The molecule has 1 aliphatic carbocycles. The van der Waals surface area contributed by atoms with Crippen molar-refractivity contribution in [1.29, 1.82) is 5.26 Å². The van der Waals surface area contributed by atoms with Crippen molar-refractivity contribution >= 4 is 11.8 Å². The standard InChI is InChI=1S/C13H19N5O/c1-4-8(2)15-13-17-11(16-9-5-6-9)10(7-14)12(18-13)19-3/h8-9H,4-6H2,1-3H3,(H2,15,16,17,18). The fourth-order valence-electron chi connectivity index (χ4n) is 1.60. The zero-order valence-corrected chi connectivity index (χ0v) is 11.5. The summed E-state index contributed by atoms with van der Waals surface area (Å²) in [6.07, 6.45) is 3.20. The van der Waals surface area contributed by atoms with Crippen molar-refractivity contribution in [3.63, 3.8) is 0 Å². The lowest BCUT2D eigenvalue weighted by Gasteiger charge is -2.15. The van der Waals surface area contributed by atoms with Crippen LogP contribution in [0.5, 0.6) is 5.88 Å². The molecule has 2 rings (SSSR count). The highest BCUT2D eigenvalue weighted by molar-refractivity contribution is 5.60. The van der Waals surface area contributed by atoms with Gasteiger partial charge in [-0.2, -0.15) is 15.2 Å². The third-order valence-electron chi connectivity index (χ3n) is 3.09. The number of aromatic nitrogens is 2. The highest BCUT2D eigenvalue weighted by Gasteiger charge is 2.25. The molecule has 1 aromatic heterocycles. The molecule has 1 fully saturated rings. The van der Waals surface area contributed by atoms with Crippen molar-refractivity contribution in [3.05, 3.63) is 5.56 Å². The van der Waals surface area contributed by atoms with Crippen molar-refractivity contribution in [1.82, 2.24) is 9.97 Å². The van der Waals surface area contributed by atoms with Gasteiger partial charge in [0.05, 0.1) is 7.11 Å². The summed E-state index contributed by atoms with van der Waals surface area (Å²) in [4.78, 5) is 8.62. The van der Waals surface area contributed by atoms with Gasteiger partial charge in [0.2, 0.25) is 11.8 Å². The Balaban J connectivity index is 2.31. The maximum absolute atomic E-state index is 9.21. The second kappa shape index (κ2) is 5.74. The topological polar surface area (TPSA) is 82.9 Å². The predicted octanol–water partition coefficient (Wildman–Crippen LogP) is 2.14. The molecular weight excluding hydrogens is 242 g/mol. The minimum absolute atomic E-state index is 0.270. The third-order valence-corrected chi connectivity index (χ3v) is 3.09. The van der Waals surface area contributed by atoms with Crippen LogP contribution in [0.2, 0.25) is 0 Å². The van der Waals surface area contributed by atoms with E-state index in [0.29, 0.717) is 29.3 Å². The minimum Gasteiger partial charge on any atom is -0.480 e. The van der Waals surface area contributed by atoms with Crippen LogP contribution >= 0.6 is 0 Å². The van der Waals surface area contributed by atoms with Crippen LogP contribution < -0.4 is 15.4 Å². The lowest BCUT2D eigenvalue weighted by atomic mass is 10.2. The van der Waals surface area contributed by atoms with Gasteiger partial charge < -0.3 is 15.4 Å². The van der Waals surface area contributed by atoms with E-state index < -0.39 is 0 Å². The van der Waals surface area contributed by atoms with E-state index in [9.17, 15) is 5.26 Å². The summed E-state index contributed by atoms with van der Waals surface area (Å²) in [5.74, 6) is 1.36. The quantitative estimate of drug-likeness (QED) is 0.816. The Morgan fingerprint density at radius 3 is 2.74 bits per heavy atom. The van der Waals surface area contributed by atoms with Gasteiger partial charge in [0.25, 0.3) is 0 Å². The second-order valence-electron chi connectivity index (χ2n) is 4.76. The van der Waals surface area contributed by atoms with Gasteiger partial charge in [-0.3, -0.25) is 0 Å². The molecule has 6 nitrogen and oxygen atoms in total. The van der Waals surface area contributed by atoms with Crippen molar-refractivity contribution in [2.45, 2.75) is 45.2 Å². The van der Waals surface area contributed by atoms with E-state index in [2.05, 4.69) is 40.5 Å². The van der Waals surface area contributed by atoms with Crippen molar-refractivity contribution < 1.29 is 4.74 Å². The summed E-state index contributed by atoms with van der Waals surface area (Å²) < 4.78 is 5.18. The van der Waals surface area contributed by atoms with Gasteiger partial charge in [0, 0.05) is 12.1 Å². The van der Waals surface area contributed by atoms with Gasteiger partial charge in [0.1, 0.15) is 6.07 Å². The first-order valence-corrected chi connectivity index (χ1v) is 6.57. The van der Waals surface area contributed by atoms with Crippen molar-refractivity contribution in [2.75, 3.05) is 17.7 Å². The van der Waals surface area contributed by atoms with E-state index in [1.165, 1.54) is 7.11 Å². The molecule has 0 spiro atoms. The highest BCUT2D eigenvalue weighted by atomic mass is 16.5. The van der Waals surface area contributed by atoms with Crippen molar-refractivity contribution in [3.8, 4) is 11.9 Å². The van der Waals surface area contributed by atoms with Crippen LogP contribution in [-0.2, 0) is 0 Å². The highest BCUT2D eigenvalue weighted by Crippen LogP contribution is 2.29. The van der Waals surface area contributed by atoms with E-state index in [-0.39, 0.29) is 6.04 Å². The van der Waals surface area contributed by atoms with E-state index in [1.54, 1.807) is 0 Å². The van der Waals surface area contributed by atoms with Gasteiger partial charge in [-0.15, -0.1) is 0 Å². The van der Waals surface area contributed by atoms with Crippen LogP contribution in [0.1, 0.15) is 38.7 Å². The number of hydrogen-bond acceptors (Lipinski definition) is 6. The molecule has 1 aromatic rings. The van der Waals surface area contributed by atoms with Gasteiger partial charge in [0.15, 0.2) is 11.4 Å². The monoisotopic (exact) mass is 261 g/mol. The molecule has 1 saturated carbocycles. The summed E-state index contributed by atoms with van der Waals surface area (Å²) in [5, 5.41) is 15.7. The maximum Gasteiger partial charge on any atom is 0.238 e. The van der Waals surface area contributed by atoms with Gasteiger partial charge in [-0.05, 0) is 26.2 Å². The normalized spacial score (nSPS) is 15.5. The van der Waals surface area contributed by atoms with E-state index in [4.69, 9.17) is 4.74 Å². The fourth-order valence-corrected chi connectivity index (χ4v) is 1.60. The molecule has 1 unspecified atom stereocenters. The number of methoxy groups -OCH3 is 1. The van der Waals surface area contributed by atoms with Crippen LogP contribution in [0.4, 0.5) is 11.8 Å². The molecule has 0 radical (unpaired) electrons. The van der Waals surface area contributed by atoms with Gasteiger partial charge in [-0.25, -0.2) is 0 Å². The molecule has 0 saturated heterocycles. The SMILES string of the molecule is CCC(C)Nc1nc(NC2CC2)c(C#N)c(OC)n1. The zero-order valence-electron chi connectivity index (χ0n) is 11.5. The number of ether oxygens (including phenoxy) is 1.